The van der Waals surface area contributed by atoms with Gasteiger partial charge in [-0.3, -0.25) is 0 Å². The average Bonchev–Trinajstić information content (AvgIpc) is 2.01. The van der Waals surface area contributed by atoms with Crippen molar-refractivity contribution in [2.24, 2.45) is 0 Å². The SMILES string of the molecule is C=C(C)COc1c(N)cc(C)cc1Br. The van der Waals surface area contributed by atoms with Crippen LogP contribution in [0, 0.1) is 6.92 Å². The number of nitrogens with two attached hydrogens (primary N) is 1. The van der Waals surface area contributed by atoms with Gasteiger partial charge < -0.3 is 10.5 Å². The molecule has 0 bridgehead atoms. The fourth-order valence-electron chi connectivity index (χ4n) is 1.10. The van der Waals surface area contributed by atoms with E-state index in [2.05, 4.69) is 22.5 Å². The van der Waals surface area contributed by atoms with Gasteiger partial charge in [-0.2, -0.15) is 0 Å². The Labute approximate surface area is 92.9 Å². The fourth-order valence-corrected chi connectivity index (χ4v) is 1.81. The topological polar surface area (TPSA) is 35.2 Å². The molecular weight excluding hydrogens is 242 g/mol. The van der Waals surface area contributed by atoms with Gasteiger partial charge in [0.1, 0.15) is 6.61 Å². The van der Waals surface area contributed by atoms with Gasteiger partial charge in [0.05, 0.1) is 10.2 Å². The molecule has 0 amide bonds. The molecule has 0 atom stereocenters. The van der Waals surface area contributed by atoms with Gasteiger partial charge in [-0.15, -0.1) is 0 Å². The number of hydrogen-bond donors (Lipinski definition) is 1. The van der Waals surface area contributed by atoms with E-state index < -0.39 is 0 Å². The molecule has 14 heavy (non-hydrogen) atoms. The molecule has 0 saturated carbocycles. The van der Waals surface area contributed by atoms with Gasteiger partial charge in [0, 0.05) is 0 Å². The number of anilines is 1. The van der Waals surface area contributed by atoms with Crippen molar-refractivity contribution in [3.05, 3.63) is 34.3 Å². The molecule has 1 aromatic rings. The molecule has 76 valence electrons. The van der Waals surface area contributed by atoms with E-state index >= 15 is 0 Å². The number of ether oxygens (including phenoxy) is 1. The maximum atomic E-state index is 5.82. The van der Waals surface area contributed by atoms with Crippen LogP contribution in [0.3, 0.4) is 0 Å². The molecule has 1 aromatic carbocycles. The van der Waals surface area contributed by atoms with E-state index in [0.29, 0.717) is 18.0 Å². The van der Waals surface area contributed by atoms with Crippen LogP contribution in [0.1, 0.15) is 12.5 Å². The van der Waals surface area contributed by atoms with Crippen molar-refractivity contribution in [2.45, 2.75) is 13.8 Å². The van der Waals surface area contributed by atoms with Crippen molar-refractivity contribution >= 4 is 21.6 Å². The predicted octanol–water partition coefficient (Wildman–Crippen LogP) is 3.29. The predicted molar refractivity (Wildman–Crippen MR) is 63.6 cm³/mol. The number of benzene rings is 1. The van der Waals surface area contributed by atoms with Gasteiger partial charge >= 0.3 is 0 Å². The Balaban J connectivity index is 2.91. The molecule has 0 radical (unpaired) electrons. The first kappa shape index (κ1) is 11.1. The van der Waals surface area contributed by atoms with Gasteiger partial charge in [-0.05, 0) is 53.0 Å². The van der Waals surface area contributed by atoms with Crippen LogP contribution < -0.4 is 10.5 Å². The third-order valence-corrected chi connectivity index (χ3v) is 2.27. The molecule has 1 rings (SSSR count). The molecule has 0 aliphatic heterocycles. The van der Waals surface area contributed by atoms with Crippen molar-refractivity contribution in [1.29, 1.82) is 0 Å². The standard InChI is InChI=1S/C11H14BrNO/c1-7(2)6-14-11-9(12)4-8(3)5-10(11)13/h4-5H,1,6,13H2,2-3H3. The van der Waals surface area contributed by atoms with E-state index in [0.717, 1.165) is 15.6 Å². The Morgan fingerprint density at radius 2 is 2.21 bits per heavy atom. The molecule has 0 fully saturated rings. The summed E-state index contributed by atoms with van der Waals surface area (Å²) in [5.74, 6) is 0.693. The molecule has 0 aliphatic rings. The maximum Gasteiger partial charge on any atom is 0.156 e. The molecule has 0 spiro atoms. The van der Waals surface area contributed by atoms with Gasteiger partial charge in [0.25, 0.3) is 0 Å². The molecule has 2 nitrogen and oxygen atoms in total. The van der Waals surface area contributed by atoms with E-state index in [-0.39, 0.29) is 0 Å². The highest BCUT2D eigenvalue weighted by atomic mass is 79.9. The van der Waals surface area contributed by atoms with Crippen LogP contribution in [-0.2, 0) is 0 Å². The van der Waals surface area contributed by atoms with E-state index in [4.69, 9.17) is 10.5 Å². The number of aryl methyl sites for hydroxylation is 1. The van der Waals surface area contributed by atoms with E-state index in [1.165, 1.54) is 0 Å². The number of halogens is 1. The minimum Gasteiger partial charge on any atom is -0.486 e. The molecular formula is C11H14BrNO. The summed E-state index contributed by atoms with van der Waals surface area (Å²) in [5.41, 5.74) is 8.55. The number of hydrogen-bond acceptors (Lipinski definition) is 2. The van der Waals surface area contributed by atoms with Crippen molar-refractivity contribution in [2.75, 3.05) is 12.3 Å². The normalized spacial score (nSPS) is 9.93. The zero-order valence-corrected chi connectivity index (χ0v) is 10.0. The summed E-state index contributed by atoms with van der Waals surface area (Å²) < 4.78 is 6.40. The minimum absolute atomic E-state index is 0.492. The average molecular weight is 256 g/mol. The summed E-state index contributed by atoms with van der Waals surface area (Å²) in [6, 6.07) is 3.86. The highest BCUT2D eigenvalue weighted by Gasteiger charge is 2.06. The molecule has 0 aromatic heterocycles. The van der Waals surface area contributed by atoms with Gasteiger partial charge in [-0.25, -0.2) is 0 Å². The summed E-state index contributed by atoms with van der Waals surface area (Å²) in [7, 11) is 0. The minimum atomic E-state index is 0.492. The highest BCUT2D eigenvalue weighted by Crippen LogP contribution is 2.32. The molecule has 0 aliphatic carbocycles. The molecule has 0 unspecified atom stereocenters. The second-order valence-electron chi connectivity index (χ2n) is 3.41. The van der Waals surface area contributed by atoms with Crippen molar-refractivity contribution in [3.63, 3.8) is 0 Å². The first-order valence-electron chi connectivity index (χ1n) is 4.33. The summed E-state index contributed by atoms with van der Waals surface area (Å²) in [6.45, 7) is 8.16. The maximum absolute atomic E-state index is 5.82. The van der Waals surface area contributed by atoms with Crippen LogP contribution >= 0.6 is 15.9 Å². The van der Waals surface area contributed by atoms with Gasteiger partial charge in [-0.1, -0.05) is 6.58 Å². The Morgan fingerprint density at radius 1 is 1.57 bits per heavy atom. The second-order valence-corrected chi connectivity index (χ2v) is 4.27. The molecule has 0 heterocycles. The summed E-state index contributed by atoms with van der Waals surface area (Å²) >= 11 is 3.41. The lowest BCUT2D eigenvalue weighted by atomic mass is 10.2. The van der Waals surface area contributed by atoms with Gasteiger partial charge in [0.15, 0.2) is 5.75 Å². The Hall–Kier alpha value is -0.960. The highest BCUT2D eigenvalue weighted by molar-refractivity contribution is 9.10. The van der Waals surface area contributed by atoms with Crippen molar-refractivity contribution < 1.29 is 4.74 Å². The van der Waals surface area contributed by atoms with Crippen LogP contribution in [0.15, 0.2) is 28.8 Å². The number of rotatable bonds is 3. The lowest BCUT2D eigenvalue weighted by Gasteiger charge is -2.11. The zero-order chi connectivity index (χ0) is 10.7. The lowest BCUT2D eigenvalue weighted by molar-refractivity contribution is 0.352. The van der Waals surface area contributed by atoms with Crippen LogP contribution in [-0.4, -0.2) is 6.61 Å². The molecule has 0 saturated heterocycles. The lowest BCUT2D eigenvalue weighted by Crippen LogP contribution is -2.01. The first-order valence-corrected chi connectivity index (χ1v) is 5.13. The monoisotopic (exact) mass is 255 g/mol. The van der Waals surface area contributed by atoms with Crippen LogP contribution in [0.2, 0.25) is 0 Å². The number of nitrogen functional groups attached to an aromatic ring is 1. The van der Waals surface area contributed by atoms with Crippen LogP contribution in [0.5, 0.6) is 5.75 Å². The first-order chi connectivity index (χ1) is 6.50. The molecule has 2 N–H and O–H groups in total. The quantitative estimate of drug-likeness (QED) is 0.665. The Bertz CT molecular complexity index is 337. The van der Waals surface area contributed by atoms with Crippen molar-refractivity contribution in [1.82, 2.24) is 0 Å². The zero-order valence-electron chi connectivity index (χ0n) is 8.43. The van der Waals surface area contributed by atoms with E-state index in [9.17, 15) is 0 Å². The summed E-state index contributed by atoms with van der Waals surface area (Å²) in [6.07, 6.45) is 0. The Morgan fingerprint density at radius 3 is 2.71 bits per heavy atom. The second kappa shape index (κ2) is 4.51. The smallest absolute Gasteiger partial charge is 0.156 e. The summed E-state index contributed by atoms with van der Waals surface area (Å²) in [4.78, 5) is 0. The van der Waals surface area contributed by atoms with Crippen LogP contribution in [0.25, 0.3) is 0 Å². The Kier molecular flexibility index (Phi) is 3.58. The van der Waals surface area contributed by atoms with E-state index in [1.807, 2.05) is 26.0 Å². The van der Waals surface area contributed by atoms with Gasteiger partial charge in [0.2, 0.25) is 0 Å². The van der Waals surface area contributed by atoms with Crippen LogP contribution in [0.4, 0.5) is 5.69 Å². The largest absolute Gasteiger partial charge is 0.486 e. The van der Waals surface area contributed by atoms with Crippen molar-refractivity contribution in [3.8, 4) is 5.75 Å². The third kappa shape index (κ3) is 2.77. The molecule has 3 heteroatoms. The fraction of sp³-hybridized carbons (Fsp3) is 0.273. The third-order valence-electron chi connectivity index (χ3n) is 1.68. The summed E-state index contributed by atoms with van der Waals surface area (Å²) in [5, 5.41) is 0. The van der Waals surface area contributed by atoms with E-state index in [1.54, 1.807) is 0 Å².